The van der Waals surface area contributed by atoms with E-state index in [0.717, 1.165) is 0 Å². The second-order valence-corrected chi connectivity index (χ2v) is 6.96. The molecule has 4 rings (SSSR count). The first kappa shape index (κ1) is 20.3. The van der Waals surface area contributed by atoms with Crippen LogP contribution in [0.4, 0.5) is 5.82 Å². The predicted octanol–water partition coefficient (Wildman–Crippen LogP) is 3.68. The van der Waals surface area contributed by atoms with Crippen molar-refractivity contribution in [1.82, 2.24) is 5.16 Å². The molecule has 160 valence electrons. The van der Waals surface area contributed by atoms with Gasteiger partial charge in [-0.15, -0.1) is 0 Å². The zero-order valence-corrected chi connectivity index (χ0v) is 17.3. The van der Waals surface area contributed by atoms with Crippen LogP contribution in [0.1, 0.15) is 33.7 Å². The summed E-state index contributed by atoms with van der Waals surface area (Å²) in [5.41, 5.74) is 0.262. The van der Waals surface area contributed by atoms with Gasteiger partial charge >= 0.3 is 0 Å². The fourth-order valence-electron chi connectivity index (χ4n) is 3.65. The Kier molecular flexibility index (Phi) is 5.02. The van der Waals surface area contributed by atoms with Crippen LogP contribution in [0, 0.1) is 13.8 Å². The number of furan rings is 1. The molecule has 1 atom stereocenters. The molecular formula is C22H20N2O7. The second kappa shape index (κ2) is 7.67. The van der Waals surface area contributed by atoms with Gasteiger partial charge in [0.05, 0.1) is 19.8 Å². The number of Topliss-reactive ketones (excluding diaryl/α,β-unsaturated/α-hetero) is 1. The Morgan fingerprint density at radius 3 is 2.48 bits per heavy atom. The van der Waals surface area contributed by atoms with Crippen molar-refractivity contribution >= 4 is 17.5 Å². The van der Waals surface area contributed by atoms with E-state index >= 15 is 0 Å². The molecule has 1 N–H and O–H groups in total. The number of aliphatic hydroxyl groups excluding tert-OH is 1. The molecule has 3 aromatic rings. The molecule has 2 aromatic heterocycles. The molecule has 0 aliphatic carbocycles. The summed E-state index contributed by atoms with van der Waals surface area (Å²) in [7, 11) is 2.93. The number of hydrogen-bond donors (Lipinski definition) is 1. The molecule has 9 heteroatoms. The molecule has 0 unspecified atom stereocenters. The molecule has 31 heavy (non-hydrogen) atoms. The van der Waals surface area contributed by atoms with Gasteiger partial charge < -0.3 is 23.5 Å². The van der Waals surface area contributed by atoms with Crippen molar-refractivity contribution in [2.24, 2.45) is 0 Å². The lowest BCUT2D eigenvalue weighted by Crippen LogP contribution is -2.31. The lowest BCUT2D eigenvalue weighted by Gasteiger charge is -2.26. The van der Waals surface area contributed by atoms with Gasteiger partial charge in [0, 0.05) is 11.6 Å². The van der Waals surface area contributed by atoms with E-state index in [0.29, 0.717) is 28.6 Å². The third-order valence-electron chi connectivity index (χ3n) is 5.01. The van der Waals surface area contributed by atoms with Gasteiger partial charge in [-0.2, -0.15) is 0 Å². The van der Waals surface area contributed by atoms with Crippen LogP contribution in [0.5, 0.6) is 11.5 Å². The van der Waals surface area contributed by atoms with Crippen molar-refractivity contribution in [1.29, 1.82) is 0 Å². The van der Waals surface area contributed by atoms with Crippen molar-refractivity contribution in [2.75, 3.05) is 19.1 Å². The van der Waals surface area contributed by atoms with E-state index in [1.54, 1.807) is 38.1 Å². The Balaban J connectivity index is 1.95. The monoisotopic (exact) mass is 424 g/mol. The summed E-state index contributed by atoms with van der Waals surface area (Å²) in [5, 5.41) is 14.7. The van der Waals surface area contributed by atoms with Crippen LogP contribution in [-0.2, 0) is 4.79 Å². The van der Waals surface area contributed by atoms with E-state index < -0.39 is 23.5 Å². The standard InChI is InChI=1S/C22H20N2O7/c1-11-8-9-14(30-11)19(25)17-18(13-6-5-7-15(28-3)21(13)29-4)24(22(27)20(17)26)16-10-12(2)31-23-16/h5-10,18,26H,1-4H3/t18-/m1/s1. The zero-order valence-electron chi connectivity index (χ0n) is 17.3. The average molecular weight is 424 g/mol. The third kappa shape index (κ3) is 3.24. The largest absolute Gasteiger partial charge is 0.503 e. The summed E-state index contributed by atoms with van der Waals surface area (Å²) in [5.74, 6) is -0.299. The lowest BCUT2D eigenvalue weighted by atomic mass is 9.94. The number of aliphatic hydroxyl groups is 1. The quantitative estimate of drug-likeness (QED) is 0.596. The normalized spacial score (nSPS) is 16.2. The van der Waals surface area contributed by atoms with Crippen LogP contribution in [-0.4, -0.2) is 36.2 Å². The van der Waals surface area contributed by atoms with Crippen LogP contribution in [0.2, 0.25) is 0 Å². The Morgan fingerprint density at radius 1 is 1.13 bits per heavy atom. The Bertz CT molecular complexity index is 1200. The topological polar surface area (TPSA) is 115 Å². The molecule has 9 nitrogen and oxygen atoms in total. The Morgan fingerprint density at radius 2 is 1.90 bits per heavy atom. The number of amides is 1. The molecule has 1 aromatic carbocycles. The van der Waals surface area contributed by atoms with E-state index in [2.05, 4.69) is 5.16 Å². The minimum Gasteiger partial charge on any atom is -0.503 e. The number of nitrogens with zero attached hydrogens (tertiary/aromatic N) is 2. The number of carbonyl (C=O) groups is 2. The van der Waals surface area contributed by atoms with E-state index in [9.17, 15) is 14.7 Å². The summed E-state index contributed by atoms with van der Waals surface area (Å²) in [6.45, 7) is 3.36. The van der Waals surface area contributed by atoms with Crippen molar-refractivity contribution in [3.63, 3.8) is 0 Å². The van der Waals surface area contributed by atoms with Gasteiger partial charge in [-0.05, 0) is 32.0 Å². The molecule has 1 aliphatic rings. The van der Waals surface area contributed by atoms with Crippen molar-refractivity contribution < 1.29 is 33.1 Å². The van der Waals surface area contributed by atoms with Gasteiger partial charge in [-0.1, -0.05) is 17.3 Å². The molecule has 1 amide bonds. The highest BCUT2D eigenvalue weighted by molar-refractivity contribution is 6.20. The second-order valence-electron chi connectivity index (χ2n) is 6.96. The maximum absolute atomic E-state index is 13.3. The molecule has 0 saturated heterocycles. The molecule has 0 bridgehead atoms. The number of para-hydroxylation sites is 1. The maximum atomic E-state index is 13.3. The third-order valence-corrected chi connectivity index (χ3v) is 5.01. The van der Waals surface area contributed by atoms with E-state index in [1.165, 1.54) is 31.3 Å². The highest BCUT2D eigenvalue weighted by Crippen LogP contribution is 2.46. The fraction of sp³-hybridized carbons (Fsp3) is 0.227. The van der Waals surface area contributed by atoms with E-state index in [1.807, 2.05) is 0 Å². The number of anilines is 1. The molecule has 3 heterocycles. The smallest absolute Gasteiger partial charge is 0.295 e. The summed E-state index contributed by atoms with van der Waals surface area (Å²) in [6, 6.07) is 8.66. The predicted molar refractivity (Wildman–Crippen MR) is 108 cm³/mol. The van der Waals surface area contributed by atoms with Crippen molar-refractivity contribution in [2.45, 2.75) is 19.9 Å². The summed E-state index contributed by atoms with van der Waals surface area (Å²) >= 11 is 0. The van der Waals surface area contributed by atoms with Gasteiger partial charge in [-0.25, -0.2) is 0 Å². The average Bonchev–Trinajstić information content (AvgIpc) is 3.45. The number of aromatic nitrogens is 1. The fourth-order valence-corrected chi connectivity index (χ4v) is 3.65. The Hall–Kier alpha value is -4.01. The summed E-state index contributed by atoms with van der Waals surface area (Å²) < 4.78 is 21.5. The van der Waals surface area contributed by atoms with E-state index in [-0.39, 0.29) is 17.2 Å². The number of carbonyl (C=O) groups excluding carboxylic acids is 2. The lowest BCUT2D eigenvalue weighted by molar-refractivity contribution is -0.117. The Labute approximate surface area is 177 Å². The number of ether oxygens (including phenoxy) is 2. The van der Waals surface area contributed by atoms with Gasteiger partial charge in [-0.3, -0.25) is 14.5 Å². The first-order valence-corrected chi connectivity index (χ1v) is 9.39. The summed E-state index contributed by atoms with van der Waals surface area (Å²) in [4.78, 5) is 27.6. The molecule has 0 saturated carbocycles. The van der Waals surface area contributed by atoms with Crippen molar-refractivity contribution in [3.8, 4) is 11.5 Å². The summed E-state index contributed by atoms with van der Waals surface area (Å²) in [6.07, 6.45) is 0. The minimum atomic E-state index is -1.06. The highest BCUT2D eigenvalue weighted by atomic mass is 16.5. The molecular weight excluding hydrogens is 404 g/mol. The van der Waals surface area contributed by atoms with Crippen LogP contribution in [0.3, 0.4) is 0 Å². The minimum absolute atomic E-state index is 0.00287. The number of benzene rings is 1. The molecule has 0 radical (unpaired) electrons. The molecule has 0 fully saturated rings. The number of aryl methyl sites for hydroxylation is 2. The number of rotatable bonds is 6. The van der Waals surface area contributed by atoms with Gasteiger partial charge in [0.1, 0.15) is 17.6 Å². The number of ketones is 1. The first-order valence-electron chi connectivity index (χ1n) is 9.39. The number of hydrogen-bond acceptors (Lipinski definition) is 8. The van der Waals surface area contributed by atoms with Gasteiger partial charge in [0.15, 0.2) is 28.8 Å². The van der Waals surface area contributed by atoms with Gasteiger partial charge in [0.25, 0.3) is 5.91 Å². The maximum Gasteiger partial charge on any atom is 0.295 e. The van der Waals surface area contributed by atoms with Crippen LogP contribution >= 0.6 is 0 Å². The zero-order chi connectivity index (χ0) is 22.3. The SMILES string of the molecule is COc1cccc([C@@H]2C(C(=O)c3ccc(C)o3)=C(O)C(=O)N2c2cc(C)on2)c1OC. The van der Waals surface area contributed by atoms with Crippen LogP contribution in [0.25, 0.3) is 0 Å². The van der Waals surface area contributed by atoms with Gasteiger partial charge in [0.2, 0.25) is 5.78 Å². The first-order chi connectivity index (χ1) is 14.9. The van der Waals surface area contributed by atoms with E-state index in [4.69, 9.17) is 18.4 Å². The highest BCUT2D eigenvalue weighted by Gasteiger charge is 2.47. The number of methoxy groups -OCH3 is 2. The van der Waals surface area contributed by atoms with Crippen molar-refractivity contribution in [3.05, 3.63) is 70.6 Å². The van der Waals surface area contributed by atoms with Crippen LogP contribution < -0.4 is 14.4 Å². The molecule has 1 aliphatic heterocycles. The van der Waals surface area contributed by atoms with Crippen LogP contribution in [0.15, 0.2) is 56.7 Å². The molecule has 0 spiro atoms.